The molecule has 1 aliphatic rings. The summed E-state index contributed by atoms with van der Waals surface area (Å²) in [6.45, 7) is 0. The molecular weight excluding hydrogens is 361 g/mol. The number of H-pyrrole nitrogens is 1. The van der Waals surface area contributed by atoms with Gasteiger partial charge in [0.25, 0.3) is 0 Å². The van der Waals surface area contributed by atoms with Crippen LogP contribution in [0.25, 0.3) is 10.9 Å². The molecule has 2 heterocycles. The number of ether oxygens (including phenoxy) is 1. The lowest BCUT2D eigenvalue weighted by Gasteiger charge is -2.29. The standard InChI is InChI=1S/C19H15F3N2O3/c20-19(21,22)27-11-7-5-10(6-8-11)16-17-13(9-15(24-16)18(25)26)12-3-1-2-4-14(12)23-17/h1-8,15-16,23-24H,9H2,(H,25,26)/t15-,16-/m0/s1. The number of aromatic nitrogens is 1. The fourth-order valence-electron chi connectivity index (χ4n) is 3.64. The number of halogens is 3. The Morgan fingerprint density at radius 1 is 1.15 bits per heavy atom. The summed E-state index contributed by atoms with van der Waals surface area (Å²) in [7, 11) is 0. The highest BCUT2D eigenvalue weighted by Gasteiger charge is 2.35. The maximum absolute atomic E-state index is 12.3. The lowest BCUT2D eigenvalue weighted by atomic mass is 9.90. The van der Waals surface area contributed by atoms with Crippen molar-refractivity contribution in [2.45, 2.75) is 24.9 Å². The molecule has 8 heteroatoms. The third-order valence-corrected chi connectivity index (χ3v) is 4.78. The summed E-state index contributed by atoms with van der Waals surface area (Å²) >= 11 is 0. The minimum absolute atomic E-state index is 0.313. The Bertz CT molecular complexity index is 996. The van der Waals surface area contributed by atoms with Gasteiger partial charge in [-0.05, 0) is 35.9 Å². The first-order valence-electron chi connectivity index (χ1n) is 8.33. The van der Waals surface area contributed by atoms with E-state index in [1.54, 1.807) is 5.32 Å². The average Bonchev–Trinajstić information content (AvgIpc) is 2.99. The van der Waals surface area contributed by atoms with Crippen molar-refractivity contribution in [3.05, 3.63) is 65.4 Å². The molecular formula is C19H15F3N2O3. The highest BCUT2D eigenvalue weighted by molar-refractivity contribution is 5.86. The van der Waals surface area contributed by atoms with E-state index in [-0.39, 0.29) is 5.75 Å². The Balaban J connectivity index is 1.75. The molecule has 5 nitrogen and oxygen atoms in total. The molecule has 1 aliphatic heterocycles. The summed E-state index contributed by atoms with van der Waals surface area (Å²) in [5, 5.41) is 14.1. The Labute approximate surface area is 151 Å². The highest BCUT2D eigenvalue weighted by Crippen LogP contribution is 2.33. The van der Waals surface area contributed by atoms with Gasteiger partial charge in [-0.3, -0.25) is 0 Å². The molecule has 0 saturated heterocycles. The zero-order valence-corrected chi connectivity index (χ0v) is 13.9. The van der Waals surface area contributed by atoms with Gasteiger partial charge in [-0.25, -0.2) is 0 Å². The number of nitrogens with one attached hydrogen (secondary N) is 1. The Morgan fingerprint density at radius 3 is 2.52 bits per heavy atom. The monoisotopic (exact) mass is 376 g/mol. The zero-order valence-electron chi connectivity index (χ0n) is 13.9. The summed E-state index contributed by atoms with van der Waals surface area (Å²) in [6.07, 6.45) is -4.45. The van der Waals surface area contributed by atoms with Crippen LogP contribution in [-0.4, -0.2) is 23.4 Å². The van der Waals surface area contributed by atoms with Gasteiger partial charge in [0.15, 0.2) is 6.04 Å². The van der Waals surface area contributed by atoms with Gasteiger partial charge in [0.1, 0.15) is 11.8 Å². The SMILES string of the molecule is O=C([O-])[C@@H]1Cc2c([nH]c3ccccc23)[C@H](c2ccc(OC(F)(F)F)cc2)[NH2+]1. The lowest BCUT2D eigenvalue weighted by Crippen LogP contribution is -2.95. The molecule has 27 heavy (non-hydrogen) atoms. The molecule has 0 saturated carbocycles. The van der Waals surface area contributed by atoms with E-state index in [0.717, 1.165) is 22.2 Å². The molecule has 0 aliphatic carbocycles. The number of rotatable bonds is 3. The van der Waals surface area contributed by atoms with Crippen molar-refractivity contribution < 1.29 is 33.1 Å². The molecule has 2 aromatic carbocycles. The molecule has 0 amide bonds. The Kier molecular flexibility index (Phi) is 4.07. The molecule has 0 spiro atoms. The maximum atomic E-state index is 12.3. The van der Waals surface area contributed by atoms with E-state index in [4.69, 9.17) is 0 Å². The molecule has 2 atom stereocenters. The predicted molar refractivity (Wildman–Crippen MR) is 87.7 cm³/mol. The van der Waals surface area contributed by atoms with Crippen molar-refractivity contribution in [2.75, 3.05) is 0 Å². The van der Waals surface area contributed by atoms with E-state index < -0.39 is 24.4 Å². The molecule has 0 fully saturated rings. The van der Waals surface area contributed by atoms with Crippen LogP contribution in [0.5, 0.6) is 5.75 Å². The summed E-state index contributed by atoms with van der Waals surface area (Å²) in [6, 6.07) is 11.9. The van der Waals surface area contributed by atoms with Gasteiger partial charge in [-0.2, -0.15) is 0 Å². The first kappa shape index (κ1) is 17.4. The zero-order chi connectivity index (χ0) is 19.2. The molecule has 140 valence electrons. The van der Waals surface area contributed by atoms with Crippen LogP contribution in [0.3, 0.4) is 0 Å². The van der Waals surface area contributed by atoms with Gasteiger partial charge in [-0.1, -0.05) is 18.2 Å². The number of carbonyl (C=O) groups excluding carboxylic acids is 1. The van der Waals surface area contributed by atoms with Crippen molar-refractivity contribution in [3.8, 4) is 5.75 Å². The minimum atomic E-state index is -4.76. The highest BCUT2D eigenvalue weighted by atomic mass is 19.4. The second-order valence-electron chi connectivity index (χ2n) is 6.48. The number of alkyl halides is 3. The van der Waals surface area contributed by atoms with E-state index in [2.05, 4.69) is 9.72 Å². The van der Waals surface area contributed by atoms with Crippen molar-refractivity contribution >= 4 is 16.9 Å². The molecule has 1 aromatic heterocycles. The van der Waals surface area contributed by atoms with Crippen LogP contribution >= 0.6 is 0 Å². The molecule has 3 aromatic rings. The second-order valence-corrected chi connectivity index (χ2v) is 6.48. The van der Waals surface area contributed by atoms with Crippen LogP contribution in [0.1, 0.15) is 22.9 Å². The summed E-state index contributed by atoms with van der Waals surface area (Å²) < 4.78 is 40.9. The Morgan fingerprint density at radius 2 is 1.85 bits per heavy atom. The van der Waals surface area contributed by atoms with E-state index in [1.807, 2.05) is 24.3 Å². The third kappa shape index (κ3) is 3.35. The predicted octanol–water partition coefficient (Wildman–Crippen LogP) is 1.39. The van der Waals surface area contributed by atoms with Crippen molar-refractivity contribution in [2.24, 2.45) is 0 Å². The van der Waals surface area contributed by atoms with Gasteiger partial charge in [0.05, 0.1) is 11.7 Å². The number of nitrogens with two attached hydrogens (primary N) is 1. The number of carbonyl (C=O) groups is 1. The third-order valence-electron chi connectivity index (χ3n) is 4.78. The summed E-state index contributed by atoms with van der Waals surface area (Å²) in [4.78, 5) is 14.8. The van der Waals surface area contributed by atoms with E-state index in [1.165, 1.54) is 24.3 Å². The quantitative estimate of drug-likeness (QED) is 0.725. The smallest absolute Gasteiger partial charge is 0.544 e. The molecule has 3 N–H and O–H groups in total. The number of aliphatic carboxylic acids is 1. The second kappa shape index (κ2) is 6.31. The number of benzene rings is 2. The number of carboxylic acids is 1. The normalized spacial score (nSPS) is 19.7. The van der Waals surface area contributed by atoms with Gasteiger partial charge in [0.2, 0.25) is 0 Å². The van der Waals surface area contributed by atoms with Crippen LogP contribution in [0.2, 0.25) is 0 Å². The molecule has 4 rings (SSSR count). The fourth-order valence-corrected chi connectivity index (χ4v) is 3.64. The first-order valence-corrected chi connectivity index (χ1v) is 8.33. The summed E-state index contributed by atoms with van der Waals surface area (Å²) in [5.74, 6) is -1.50. The topological polar surface area (TPSA) is 81.8 Å². The molecule has 0 radical (unpaired) electrons. The minimum Gasteiger partial charge on any atom is -0.544 e. The Hall–Kier alpha value is -3.00. The van der Waals surface area contributed by atoms with Crippen molar-refractivity contribution in [1.82, 2.24) is 4.98 Å². The van der Waals surface area contributed by atoms with Gasteiger partial charge in [0, 0.05) is 22.9 Å². The van der Waals surface area contributed by atoms with E-state index in [9.17, 15) is 23.1 Å². The van der Waals surface area contributed by atoms with Gasteiger partial charge in [-0.15, -0.1) is 13.2 Å². The van der Waals surface area contributed by atoms with Crippen LogP contribution in [0.15, 0.2) is 48.5 Å². The number of carboxylic acid groups (broad SMARTS) is 1. The van der Waals surface area contributed by atoms with Crippen LogP contribution in [0.4, 0.5) is 13.2 Å². The number of para-hydroxylation sites is 1. The fraction of sp³-hybridized carbons (Fsp3) is 0.211. The number of aromatic amines is 1. The molecule has 0 bridgehead atoms. The number of fused-ring (bicyclic) bond motifs is 3. The average molecular weight is 376 g/mol. The van der Waals surface area contributed by atoms with E-state index >= 15 is 0 Å². The number of hydrogen-bond donors (Lipinski definition) is 2. The van der Waals surface area contributed by atoms with Crippen LogP contribution in [0, 0.1) is 0 Å². The number of hydrogen-bond acceptors (Lipinski definition) is 3. The van der Waals surface area contributed by atoms with Crippen LogP contribution in [-0.2, 0) is 11.2 Å². The van der Waals surface area contributed by atoms with Gasteiger partial charge < -0.3 is 24.9 Å². The molecule has 0 unspecified atom stereocenters. The summed E-state index contributed by atoms with van der Waals surface area (Å²) in [5.41, 5.74) is 3.29. The lowest BCUT2D eigenvalue weighted by molar-refractivity contribution is -0.717. The van der Waals surface area contributed by atoms with Crippen molar-refractivity contribution in [1.29, 1.82) is 0 Å². The maximum Gasteiger partial charge on any atom is 0.573 e. The van der Waals surface area contributed by atoms with Crippen molar-refractivity contribution in [3.63, 3.8) is 0 Å². The van der Waals surface area contributed by atoms with Crippen LogP contribution < -0.4 is 15.2 Å². The van der Waals surface area contributed by atoms with E-state index in [0.29, 0.717) is 12.0 Å². The first-order chi connectivity index (χ1) is 12.8. The number of quaternary nitrogens is 1. The van der Waals surface area contributed by atoms with Gasteiger partial charge >= 0.3 is 6.36 Å². The largest absolute Gasteiger partial charge is 0.573 e.